The lowest BCUT2D eigenvalue weighted by atomic mass is 9.83. The van der Waals surface area contributed by atoms with E-state index in [1.54, 1.807) is 36.9 Å². The molecule has 1 aromatic carbocycles. The molecule has 0 spiro atoms. The Morgan fingerprint density at radius 1 is 1.23 bits per heavy atom. The summed E-state index contributed by atoms with van der Waals surface area (Å²) in [5.74, 6) is -0.610. The van der Waals surface area contributed by atoms with Gasteiger partial charge in [0.2, 0.25) is 11.7 Å². The number of aliphatic hydroxyl groups is 1. The van der Waals surface area contributed by atoms with Gasteiger partial charge in [-0.05, 0) is 50.4 Å². The molecule has 1 N–H and O–H groups in total. The number of pyridine rings is 1. The molecule has 0 fully saturated rings. The van der Waals surface area contributed by atoms with Gasteiger partial charge in [0.05, 0.1) is 0 Å². The van der Waals surface area contributed by atoms with E-state index in [-0.39, 0.29) is 35.8 Å². The highest BCUT2D eigenvalue weighted by atomic mass is 32.2. The normalized spacial score (nSPS) is 16.9. The number of allylic oxidation sites excluding steroid dienone is 2. The van der Waals surface area contributed by atoms with Crippen LogP contribution in [-0.4, -0.2) is 40.2 Å². The fourth-order valence-electron chi connectivity index (χ4n) is 3.22. The van der Waals surface area contributed by atoms with Crippen molar-refractivity contribution in [2.45, 2.75) is 37.5 Å². The van der Waals surface area contributed by atoms with Crippen LogP contribution in [0.5, 0.6) is 11.6 Å². The number of nitrogens with zero attached hydrogens (tertiary/aromatic N) is 2. The van der Waals surface area contributed by atoms with Gasteiger partial charge < -0.3 is 14.7 Å². The van der Waals surface area contributed by atoms with Crippen LogP contribution < -0.4 is 4.74 Å². The van der Waals surface area contributed by atoms with Gasteiger partial charge in [-0.2, -0.15) is 0 Å². The molecule has 0 radical (unpaired) electrons. The summed E-state index contributed by atoms with van der Waals surface area (Å²) in [6.07, 6.45) is 2.20. The number of ether oxygens (including phenoxy) is 1. The minimum atomic E-state index is -0.617. The summed E-state index contributed by atoms with van der Waals surface area (Å²) in [4.78, 5) is 35.6. The molecule has 0 bridgehead atoms. The van der Waals surface area contributed by atoms with E-state index in [2.05, 4.69) is 10.1 Å². The van der Waals surface area contributed by atoms with Gasteiger partial charge in [0.25, 0.3) is 0 Å². The fourth-order valence-corrected chi connectivity index (χ4v) is 3.63. The molecule has 0 aliphatic heterocycles. The first-order valence-corrected chi connectivity index (χ1v) is 11.1. The van der Waals surface area contributed by atoms with E-state index in [1.165, 1.54) is 6.92 Å². The third kappa shape index (κ3) is 5.52. The molecule has 2 aromatic rings. The molecule has 7 nitrogen and oxygen atoms in total. The van der Waals surface area contributed by atoms with Crippen LogP contribution in [0.3, 0.4) is 0 Å². The standard InChI is InChI=1S/C23H24N2O5S/c1-4-29-25-14(2)23(28)22-19(26)12-15(13-20(22)27)18-6-5-7-21(24-18)30-16-8-10-17(31-3)11-9-16/h5-11,15,26H,4,12-13H2,1-3H3. The van der Waals surface area contributed by atoms with Crippen molar-refractivity contribution in [1.29, 1.82) is 0 Å². The van der Waals surface area contributed by atoms with Crippen molar-refractivity contribution in [2.24, 2.45) is 5.16 Å². The van der Waals surface area contributed by atoms with Gasteiger partial charge in [0.1, 0.15) is 29.4 Å². The summed E-state index contributed by atoms with van der Waals surface area (Å²) in [7, 11) is 0. The maximum Gasteiger partial charge on any atom is 0.219 e. The Kier molecular flexibility index (Phi) is 7.46. The number of hydrogen-bond acceptors (Lipinski definition) is 8. The lowest BCUT2D eigenvalue weighted by molar-refractivity contribution is -0.120. The lowest BCUT2D eigenvalue weighted by Gasteiger charge is -2.22. The smallest absolute Gasteiger partial charge is 0.219 e. The van der Waals surface area contributed by atoms with Crippen molar-refractivity contribution >= 4 is 29.0 Å². The van der Waals surface area contributed by atoms with E-state index in [1.807, 2.05) is 30.5 Å². The molecule has 3 rings (SSSR count). The Morgan fingerprint density at radius 3 is 2.61 bits per heavy atom. The highest BCUT2D eigenvalue weighted by molar-refractivity contribution is 7.98. The van der Waals surface area contributed by atoms with Gasteiger partial charge in [-0.3, -0.25) is 9.59 Å². The second kappa shape index (κ2) is 10.3. The zero-order valence-corrected chi connectivity index (χ0v) is 18.4. The van der Waals surface area contributed by atoms with Crippen molar-refractivity contribution in [2.75, 3.05) is 12.9 Å². The first kappa shape index (κ1) is 22.6. The molecule has 1 aliphatic rings. The Morgan fingerprint density at radius 2 is 1.97 bits per heavy atom. The van der Waals surface area contributed by atoms with Gasteiger partial charge in [0.15, 0.2) is 5.78 Å². The van der Waals surface area contributed by atoms with Crippen LogP contribution >= 0.6 is 11.8 Å². The zero-order valence-electron chi connectivity index (χ0n) is 17.6. The maximum absolute atomic E-state index is 12.6. The van der Waals surface area contributed by atoms with Crippen molar-refractivity contribution < 1.29 is 24.3 Å². The molecule has 1 aromatic heterocycles. The summed E-state index contributed by atoms with van der Waals surface area (Å²) < 4.78 is 5.83. The molecular formula is C23H24N2O5S. The van der Waals surface area contributed by atoms with Crippen LogP contribution in [0.4, 0.5) is 0 Å². The Labute approximate surface area is 185 Å². The van der Waals surface area contributed by atoms with Crippen molar-refractivity contribution in [3.05, 3.63) is 59.5 Å². The average molecular weight is 441 g/mol. The van der Waals surface area contributed by atoms with Gasteiger partial charge in [-0.1, -0.05) is 11.2 Å². The maximum atomic E-state index is 12.6. The summed E-state index contributed by atoms with van der Waals surface area (Å²) in [6, 6.07) is 13.0. The predicted octanol–water partition coefficient (Wildman–Crippen LogP) is 4.84. The molecule has 0 amide bonds. The number of aromatic nitrogens is 1. The van der Waals surface area contributed by atoms with Crippen molar-refractivity contribution in [1.82, 2.24) is 4.98 Å². The van der Waals surface area contributed by atoms with E-state index in [0.29, 0.717) is 23.9 Å². The Balaban J connectivity index is 1.77. The number of benzene rings is 1. The third-order valence-corrected chi connectivity index (χ3v) is 5.51. The van der Waals surface area contributed by atoms with Crippen LogP contribution in [-0.2, 0) is 14.4 Å². The lowest BCUT2D eigenvalue weighted by Crippen LogP contribution is -2.27. The highest BCUT2D eigenvalue weighted by Crippen LogP contribution is 2.34. The quantitative estimate of drug-likeness (QED) is 0.271. The molecule has 0 saturated heterocycles. The van der Waals surface area contributed by atoms with Crippen LogP contribution in [0.15, 0.2) is 63.8 Å². The van der Waals surface area contributed by atoms with Crippen molar-refractivity contribution in [3.8, 4) is 11.6 Å². The third-order valence-electron chi connectivity index (χ3n) is 4.77. The topological polar surface area (TPSA) is 98.1 Å². The number of Topliss-reactive ketones (excluding diaryl/α,β-unsaturated/α-hetero) is 2. The molecule has 1 unspecified atom stereocenters. The molecule has 31 heavy (non-hydrogen) atoms. The predicted molar refractivity (Wildman–Crippen MR) is 119 cm³/mol. The highest BCUT2D eigenvalue weighted by Gasteiger charge is 2.34. The monoisotopic (exact) mass is 440 g/mol. The zero-order chi connectivity index (χ0) is 22.4. The molecule has 162 valence electrons. The number of carbonyl (C=O) groups excluding carboxylic acids is 2. The summed E-state index contributed by atoms with van der Waals surface area (Å²) >= 11 is 1.64. The van der Waals surface area contributed by atoms with Gasteiger partial charge in [-0.15, -0.1) is 11.8 Å². The van der Waals surface area contributed by atoms with Crippen LogP contribution in [0.2, 0.25) is 0 Å². The van der Waals surface area contributed by atoms with E-state index in [0.717, 1.165) is 4.90 Å². The SMILES string of the molecule is CCON=C(C)C(=O)C1=C(O)CC(c2cccc(Oc3ccc(SC)cc3)n2)CC1=O. The van der Waals surface area contributed by atoms with Crippen molar-refractivity contribution in [3.63, 3.8) is 0 Å². The molecule has 8 heteroatoms. The first-order valence-electron chi connectivity index (χ1n) is 9.88. The van der Waals surface area contributed by atoms with Gasteiger partial charge in [0, 0.05) is 35.4 Å². The number of ketones is 2. The second-order valence-corrected chi connectivity index (χ2v) is 7.83. The molecule has 1 atom stereocenters. The minimum absolute atomic E-state index is 0.0243. The number of carbonyl (C=O) groups is 2. The molecule has 0 saturated carbocycles. The molecular weight excluding hydrogens is 416 g/mol. The Bertz CT molecular complexity index is 1030. The summed E-state index contributed by atoms with van der Waals surface area (Å²) in [6.45, 7) is 3.49. The van der Waals surface area contributed by atoms with E-state index in [9.17, 15) is 14.7 Å². The first-order chi connectivity index (χ1) is 14.9. The number of thioether (sulfide) groups is 1. The molecule has 1 aliphatic carbocycles. The molecule has 1 heterocycles. The van der Waals surface area contributed by atoms with E-state index >= 15 is 0 Å². The number of oxime groups is 1. The van der Waals surface area contributed by atoms with Gasteiger partial charge >= 0.3 is 0 Å². The summed E-state index contributed by atoms with van der Waals surface area (Å²) in [5.41, 5.74) is 0.416. The van der Waals surface area contributed by atoms with Crippen LogP contribution in [0.1, 0.15) is 38.3 Å². The van der Waals surface area contributed by atoms with Crippen LogP contribution in [0.25, 0.3) is 0 Å². The minimum Gasteiger partial charge on any atom is -0.511 e. The summed E-state index contributed by atoms with van der Waals surface area (Å²) in [5, 5.41) is 14.1. The second-order valence-electron chi connectivity index (χ2n) is 6.95. The Hall–Kier alpha value is -3.13. The fraction of sp³-hybridized carbons (Fsp3) is 0.304. The number of aliphatic hydroxyl groups excluding tert-OH is 1. The largest absolute Gasteiger partial charge is 0.511 e. The van der Waals surface area contributed by atoms with Crippen LogP contribution in [0, 0.1) is 0 Å². The van der Waals surface area contributed by atoms with Gasteiger partial charge in [-0.25, -0.2) is 4.98 Å². The number of hydrogen-bond donors (Lipinski definition) is 1. The average Bonchev–Trinajstić information content (AvgIpc) is 2.77. The number of rotatable bonds is 8. The van der Waals surface area contributed by atoms with E-state index in [4.69, 9.17) is 9.57 Å². The van der Waals surface area contributed by atoms with E-state index < -0.39 is 11.6 Å².